The van der Waals surface area contributed by atoms with Gasteiger partial charge in [-0.05, 0) is 22.9 Å². The zero-order valence-electron chi connectivity index (χ0n) is 11.8. The van der Waals surface area contributed by atoms with E-state index in [1.165, 1.54) is 10.8 Å². The first-order valence-corrected chi connectivity index (χ1v) is 7.12. The first-order chi connectivity index (χ1) is 10.9. The second kappa shape index (κ2) is 5.33. The third kappa shape index (κ3) is 2.31. The monoisotopic (exact) mass is 286 g/mol. The fourth-order valence-corrected chi connectivity index (χ4v) is 2.53. The van der Waals surface area contributed by atoms with Gasteiger partial charge in [0.2, 0.25) is 5.95 Å². The number of hydrogen-bond donors (Lipinski definition) is 2. The molecule has 0 aliphatic carbocycles. The molecule has 22 heavy (non-hydrogen) atoms. The highest BCUT2D eigenvalue weighted by Gasteiger charge is 2.00. The average molecular weight is 286 g/mol. The van der Waals surface area contributed by atoms with Gasteiger partial charge in [0.15, 0.2) is 0 Å². The number of nitrogens with zero attached hydrogens (tertiary/aromatic N) is 2. The van der Waals surface area contributed by atoms with Crippen molar-refractivity contribution in [3.63, 3.8) is 0 Å². The predicted octanol–water partition coefficient (Wildman–Crippen LogP) is 4.16. The molecule has 4 rings (SSSR count). The molecule has 0 saturated carbocycles. The van der Waals surface area contributed by atoms with Crippen LogP contribution in [-0.2, 0) is 0 Å². The first-order valence-electron chi connectivity index (χ1n) is 7.12. The minimum atomic E-state index is 0.637. The van der Waals surface area contributed by atoms with Crippen LogP contribution in [0.2, 0.25) is 0 Å². The van der Waals surface area contributed by atoms with Crippen molar-refractivity contribution in [1.29, 1.82) is 0 Å². The lowest BCUT2D eigenvalue weighted by molar-refractivity contribution is 1.22. The normalized spacial score (nSPS) is 11.5. The number of rotatable bonds is 3. The fraction of sp³-hybridized carbons (Fsp3) is 0. The minimum absolute atomic E-state index is 0.637. The number of fused-ring (bicyclic) bond motifs is 2. The summed E-state index contributed by atoms with van der Waals surface area (Å²) < 4.78 is 0. The van der Waals surface area contributed by atoms with Gasteiger partial charge in [-0.2, -0.15) is 5.10 Å². The summed E-state index contributed by atoms with van der Waals surface area (Å²) in [5.41, 5.74) is 5.93. The number of hydrazone groups is 1. The predicted molar refractivity (Wildman–Crippen MR) is 91.3 cm³/mol. The van der Waals surface area contributed by atoms with Gasteiger partial charge in [0, 0.05) is 5.56 Å². The number of anilines is 1. The molecule has 1 heterocycles. The Balaban J connectivity index is 1.61. The van der Waals surface area contributed by atoms with Crippen LogP contribution >= 0.6 is 0 Å². The summed E-state index contributed by atoms with van der Waals surface area (Å²) >= 11 is 0. The Morgan fingerprint density at radius 2 is 1.73 bits per heavy atom. The molecule has 0 spiro atoms. The van der Waals surface area contributed by atoms with Crippen LogP contribution in [0, 0.1) is 0 Å². The van der Waals surface area contributed by atoms with Gasteiger partial charge in [0.1, 0.15) is 0 Å². The summed E-state index contributed by atoms with van der Waals surface area (Å²) in [6.45, 7) is 0. The van der Waals surface area contributed by atoms with Crippen LogP contribution in [0.3, 0.4) is 0 Å². The number of para-hydroxylation sites is 2. The van der Waals surface area contributed by atoms with Gasteiger partial charge in [0.05, 0.1) is 17.2 Å². The van der Waals surface area contributed by atoms with E-state index in [1.54, 1.807) is 0 Å². The zero-order chi connectivity index (χ0) is 14.8. The number of benzene rings is 3. The lowest BCUT2D eigenvalue weighted by Gasteiger charge is -2.01. The van der Waals surface area contributed by atoms with E-state index in [4.69, 9.17) is 0 Å². The van der Waals surface area contributed by atoms with E-state index < -0.39 is 0 Å². The summed E-state index contributed by atoms with van der Waals surface area (Å²) in [4.78, 5) is 7.61. The Hall–Kier alpha value is -3.14. The van der Waals surface area contributed by atoms with E-state index in [9.17, 15) is 0 Å². The summed E-state index contributed by atoms with van der Waals surface area (Å²) in [6.07, 6.45) is 1.82. The molecule has 4 heteroatoms. The van der Waals surface area contributed by atoms with Crippen molar-refractivity contribution in [2.24, 2.45) is 5.10 Å². The van der Waals surface area contributed by atoms with Crippen LogP contribution in [-0.4, -0.2) is 16.2 Å². The molecule has 0 aliphatic rings. The van der Waals surface area contributed by atoms with Crippen molar-refractivity contribution < 1.29 is 0 Å². The zero-order valence-corrected chi connectivity index (χ0v) is 11.8. The van der Waals surface area contributed by atoms with Gasteiger partial charge in [-0.3, -0.25) is 0 Å². The fourth-order valence-electron chi connectivity index (χ4n) is 2.53. The highest BCUT2D eigenvalue weighted by atomic mass is 15.3. The van der Waals surface area contributed by atoms with E-state index in [-0.39, 0.29) is 0 Å². The second-order valence-electron chi connectivity index (χ2n) is 5.04. The Bertz CT molecular complexity index is 931. The van der Waals surface area contributed by atoms with Gasteiger partial charge >= 0.3 is 0 Å². The number of imidazole rings is 1. The van der Waals surface area contributed by atoms with Crippen LogP contribution in [0.25, 0.3) is 21.8 Å². The van der Waals surface area contributed by atoms with Crippen LogP contribution in [0.4, 0.5) is 5.95 Å². The van der Waals surface area contributed by atoms with E-state index in [1.807, 2.05) is 54.7 Å². The van der Waals surface area contributed by atoms with Crippen molar-refractivity contribution in [1.82, 2.24) is 9.97 Å². The average Bonchev–Trinajstić information content (AvgIpc) is 2.98. The Morgan fingerprint density at radius 3 is 2.68 bits per heavy atom. The molecule has 0 saturated heterocycles. The van der Waals surface area contributed by atoms with Crippen molar-refractivity contribution in [3.8, 4) is 0 Å². The van der Waals surface area contributed by atoms with Gasteiger partial charge in [-0.25, -0.2) is 10.4 Å². The van der Waals surface area contributed by atoms with Crippen molar-refractivity contribution in [2.75, 3.05) is 5.43 Å². The SMILES string of the molecule is C(=NNc1nc2ccccc2[nH]1)c1cccc2ccccc12. The number of nitrogens with one attached hydrogen (secondary N) is 2. The van der Waals surface area contributed by atoms with E-state index >= 15 is 0 Å². The number of hydrogen-bond acceptors (Lipinski definition) is 3. The molecule has 0 amide bonds. The Labute approximate surface area is 127 Å². The van der Waals surface area contributed by atoms with E-state index in [2.05, 4.69) is 38.7 Å². The smallest absolute Gasteiger partial charge is 0.222 e. The number of aromatic nitrogens is 2. The standard InChI is InChI=1S/C18H14N4/c1-2-9-15-13(6-1)7-5-8-14(15)12-19-22-18-20-16-10-3-4-11-17(16)21-18/h1-12H,(H2,20,21,22). The van der Waals surface area contributed by atoms with Crippen molar-refractivity contribution >= 4 is 34.0 Å². The third-order valence-electron chi connectivity index (χ3n) is 3.59. The topological polar surface area (TPSA) is 53.1 Å². The molecule has 0 atom stereocenters. The largest absolute Gasteiger partial charge is 0.323 e. The van der Waals surface area contributed by atoms with Gasteiger partial charge in [-0.15, -0.1) is 0 Å². The molecule has 0 aliphatic heterocycles. The van der Waals surface area contributed by atoms with Crippen LogP contribution in [0.15, 0.2) is 71.8 Å². The molecule has 4 aromatic rings. The molecule has 0 bridgehead atoms. The van der Waals surface area contributed by atoms with Crippen LogP contribution < -0.4 is 5.43 Å². The van der Waals surface area contributed by atoms with E-state index in [0.717, 1.165) is 16.6 Å². The summed E-state index contributed by atoms with van der Waals surface area (Å²) in [5.74, 6) is 0.637. The van der Waals surface area contributed by atoms with Crippen molar-refractivity contribution in [2.45, 2.75) is 0 Å². The molecular weight excluding hydrogens is 272 g/mol. The lowest BCUT2D eigenvalue weighted by atomic mass is 10.1. The molecule has 2 N–H and O–H groups in total. The number of H-pyrrole nitrogens is 1. The Morgan fingerprint density at radius 1 is 0.909 bits per heavy atom. The summed E-state index contributed by atoms with van der Waals surface area (Å²) in [7, 11) is 0. The highest BCUT2D eigenvalue weighted by Crippen LogP contribution is 2.17. The molecular formula is C18H14N4. The number of aromatic amines is 1. The first kappa shape index (κ1) is 12.6. The molecule has 4 nitrogen and oxygen atoms in total. The second-order valence-corrected chi connectivity index (χ2v) is 5.04. The summed E-state index contributed by atoms with van der Waals surface area (Å²) in [5, 5.41) is 6.67. The molecule has 0 fully saturated rings. The van der Waals surface area contributed by atoms with Gasteiger partial charge in [-0.1, -0.05) is 54.6 Å². The third-order valence-corrected chi connectivity index (χ3v) is 3.59. The summed E-state index contributed by atoms with van der Waals surface area (Å²) in [6, 6.07) is 22.3. The molecule has 0 unspecified atom stereocenters. The quantitative estimate of drug-likeness (QED) is 0.439. The van der Waals surface area contributed by atoms with Gasteiger partial charge in [0.25, 0.3) is 0 Å². The maximum Gasteiger partial charge on any atom is 0.222 e. The molecule has 106 valence electrons. The molecule has 3 aromatic carbocycles. The maximum atomic E-state index is 4.43. The molecule has 0 radical (unpaired) electrons. The highest BCUT2D eigenvalue weighted by molar-refractivity contribution is 5.99. The molecule has 1 aromatic heterocycles. The van der Waals surface area contributed by atoms with Crippen molar-refractivity contribution in [3.05, 3.63) is 72.3 Å². The van der Waals surface area contributed by atoms with Crippen LogP contribution in [0.1, 0.15) is 5.56 Å². The Kier molecular flexibility index (Phi) is 3.05. The van der Waals surface area contributed by atoms with Crippen LogP contribution in [0.5, 0.6) is 0 Å². The maximum absolute atomic E-state index is 4.43. The van der Waals surface area contributed by atoms with E-state index in [0.29, 0.717) is 5.95 Å². The lowest BCUT2D eigenvalue weighted by Crippen LogP contribution is -1.92. The minimum Gasteiger partial charge on any atom is -0.323 e. The van der Waals surface area contributed by atoms with Gasteiger partial charge < -0.3 is 4.98 Å².